The molecule has 0 bridgehead atoms. The van der Waals surface area contributed by atoms with Gasteiger partial charge in [-0.3, -0.25) is 14.7 Å². The SMILES string of the molecule is C#Cc1c(F)ccc2c1[C@H](c1ncc3c(N(C)C[C@@H]4CCCN4C(=O)C=C)nc(OC[C@]4(C)C[C@@H](F)CN4C4CCOCC4)nc3c1F)C[C@H](O)C2. The van der Waals surface area contributed by atoms with E-state index < -0.39 is 35.4 Å². The van der Waals surface area contributed by atoms with Crippen LogP contribution in [0, 0.1) is 24.0 Å². The number of fused-ring (bicyclic) bond motifs is 2. The van der Waals surface area contributed by atoms with Gasteiger partial charge < -0.3 is 24.4 Å². The zero-order valence-electron chi connectivity index (χ0n) is 29.7. The van der Waals surface area contributed by atoms with Gasteiger partial charge in [0, 0.05) is 70.5 Å². The monoisotopic (exact) mass is 718 g/mol. The summed E-state index contributed by atoms with van der Waals surface area (Å²) in [6.07, 6.45) is 10.5. The third kappa shape index (κ3) is 6.72. The number of aliphatic hydroxyl groups excluding tert-OH is 1. The molecule has 1 aromatic carbocycles. The average molecular weight is 719 g/mol. The van der Waals surface area contributed by atoms with E-state index in [1.807, 2.05) is 11.8 Å². The Kier molecular flexibility index (Phi) is 10.2. The number of nitrogens with zero attached hydrogens (tertiary/aromatic N) is 6. The zero-order chi connectivity index (χ0) is 36.7. The number of benzene rings is 1. The van der Waals surface area contributed by atoms with Crippen molar-refractivity contribution in [1.29, 1.82) is 0 Å². The van der Waals surface area contributed by atoms with Gasteiger partial charge >= 0.3 is 6.01 Å². The number of rotatable bonds is 9. The number of terminal acetylenes is 1. The van der Waals surface area contributed by atoms with Crippen LogP contribution in [-0.4, -0.2) is 112 Å². The standard InChI is InChI=1S/C39H45F3N6O4/c1-5-28-31(41)10-9-23-16-27(49)17-29(33(23)28)35-34(42)36-30(19-43-35)37(46(4)21-26-8-7-13-47(26)32(50)6-2)45-38(44-36)52-22-39(3)18-24(40)20-48(39)25-11-14-51-15-12-25/h1,6,9-10,19,24-27,29,49H,2,7-8,11-18,20-22H2,3-4H3/t24-,26+,27-,29-,39+/m1/s1. The van der Waals surface area contributed by atoms with E-state index in [1.54, 1.807) is 18.0 Å². The molecule has 13 heteroatoms. The van der Waals surface area contributed by atoms with E-state index in [0.717, 1.165) is 25.7 Å². The van der Waals surface area contributed by atoms with Gasteiger partial charge in [-0.05, 0) is 68.7 Å². The number of likely N-dealkylation sites (tertiary alicyclic amines) is 2. The van der Waals surface area contributed by atoms with Crippen LogP contribution in [0.15, 0.2) is 31.0 Å². The number of pyridine rings is 1. The molecule has 1 N–H and O–H groups in total. The van der Waals surface area contributed by atoms with Crippen molar-refractivity contribution in [2.45, 2.75) is 87.7 Å². The summed E-state index contributed by atoms with van der Waals surface area (Å²) in [6, 6.07) is 2.75. The number of ether oxygens (including phenoxy) is 2. The van der Waals surface area contributed by atoms with E-state index >= 15 is 8.78 Å². The van der Waals surface area contributed by atoms with E-state index in [0.29, 0.717) is 48.6 Å². The van der Waals surface area contributed by atoms with Crippen LogP contribution in [0.4, 0.5) is 19.0 Å². The molecule has 3 fully saturated rings. The van der Waals surface area contributed by atoms with Crippen LogP contribution in [0.1, 0.15) is 73.8 Å². The van der Waals surface area contributed by atoms with Gasteiger partial charge in [-0.2, -0.15) is 9.97 Å². The Morgan fingerprint density at radius 3 is 2.81 bits per heavy atom. The molecule has 0 saturated carbocycles. The summed E-state index contributed by atoms with van der Waals surface area (Å²) < 4.78 is 58.9. The Hall–Kier alpha value is -4.25. The van der Waals surface area contributed by atoms with Crippen LogP contribution in [0.2, 0.25) is 0 Å². The highest BCUT2D eigenvalue weighted by Gasteiger charge is 2.46. The Morgan fingerprint density at radius 1 is 1.27 bits per heavy atom. The van der Waals surface area contributed by atoms with Crippen molar-refractivity contribution in [3.63, 3.8) is 0 Å². The molecule has 4 aliphatic rings. The average Bonchev–Trinajstić information content (AvgIpc) is 3.73. The second-order valence-electron chi connectivity index (χ2n) is 14.8. The number of hydrogen-bond acceptors (Lipinski definition) is 9. The molecule has 1 aliphatic carbocycles. The fraction of sp³-hybridized carbons (Fsp3) is 0.538. The first-order valence-corrected chi connectivity index (χ1v) is 18.1. The topological polar surface area (TPSA) is 104 Å². The zero-order valence-corrected chi connectivity index (χ0v) is 29.7. The molecule has 276 valence electrons. The van der Waals surface area contributed by atoms with Gasteiger partial charge in [0.2, 0.25) is 5.91 Å². The molecule has 0 spiro atoms. The molecule has 0 radical (unpaired) electrons. The molecule has 52 heavy (non-hydrogen) atoms. The van der Waals surface area contributed by atoms with Gasteiger partial charge in [-0.15, -0.1) is 6.42 Å². The summed E-state index contributed by atoms with van der Waals surface area (Å²) in [7, 11) is 1.81. The van der Waals surface area contributed by atoms with Crippen LogP contribution >= 0.6 is 0 Å². The van der Waals surface area contributed by atoms with Gasteiger partial charge in [0.05, 0.1) is 28.3 Å². The molecule has 10 nitrogen and oxygen atoms in total. The van der Waals surface area contributed by atoms with Crippen molar-refractivity contribution in [1.82, 2.24) is 24.8 Å². The van der Waals surface area contributed by atoms with Crippen molar-refractivity contribution in [3.8, 4) is 18.4 Å². The van der Waals surface area contributed by atoms with Gasteiger partial charge in [-0.1, -0.05) is 18.6 Å². The largest absolute Gasteiger partial charge is 0.461 e. The maximum absolute atomic E-state index is 17.0. The van der Waals surface area contributed by atoms with Crippen LogP contribution in [0.5, 0.6) is 6.01 Å². The lowest BCUT2D eigenvalue weighted by molar-refractivity contribution is -0.126. The van der Waals surface area contributed by atoms with Gasteiger partial charge in [0.15, 0.2) is 5.82 Å². The number of hydrogen-bond donors (Lipinski definition) is 1. The number of likely N-dealkylation sites (N-methyl/N-ethyl adjacent to an activating group) is 1. The fourth-order valence-corrected chi connectivity index (χ4v) is 8.85. The second-order valence-corrected chi connectivity index (χ2v) is 14.8. The van der Waals surface area contributed by atoms with Gasteiger partial charge in [0.1, 0.15) is 29.9 Å². The number of alkyl halides is 1. The van der Waals surface area contributed by atoms with Crippen LogP contribution in [-0.2, 0) is 16.0 Å². The minimum atomic E-state index is -1.03. The van der Waals surface area contributed by atoms with E-state index in [4.69, 9.17) is 20.9 Å². The Balaban J connectivity index is 1.29. The summed E-state index contributed by atoms with van der Waals surface area (Å²) in [5.41, 5.74) is 0.317. The Bertz CT molecular complexity index is 1900. The Morgan fingerprint density at radius 2 is 2.06 bits per heavy atom. The molecule has 5 heterocycles. The van der Waals surface area contributed by atoms with E-state index in [-0.39, 0.29) is 73.2 Å². The number of halogens is 3. The number of carbonyl (C=O) groups is 1. The van der Waals surface area contributed by atoms with Gasteiger partial charge in [-0.25, -0.2) is 13.2 Å². The van der Waals surface area contributed by atoms with Crippen LogP contribution < -0.4 is 9.64 Å². The molecule has 3 saturated heterocycles. The maximum atomic E-state index is 17.0. The third-order valence-corrected chi connectivity index (χ3v) is 11.3. The lowest BCUT2D eigenvalue weighted by Crippen LogP contribution is -2.52. The van der Waals surface area contributed by atoms with Gasteiger partial charge in [0.25, 0.3) is 0 Å². The predicted molar refractivity (Wildman–Crippen MR) is 190 cm³/mol. The van der Waals surface area contributed by atoms with Crippen LogP contribution in [0.25, 0.3) is 10.9 Å². The lowest BCUT2D eigenvalue weighted by Gasteiger charge is -2.41. The normalized spacial score (nSPS) is 26.7. The molecule has 2 aromatic heterocycles. The molecule has 5 atom stereocenters. The quantitative estimate of drug-likeness (QED) is 0.249. The first-order chi connectivity index (χ1) is 25.0. The maximum Gasteiger partial charge on any atom is 0.319 e. The highest BCUT2D eigenvalue weighted by atomic mass is 19.1. The number of carbonyl (C=O) groups excluding carboxylic acids is 1. The number of aliphatic hydroxyl groups is 1. The minimum absolute atomic E-state index is 0.0167. The van der Waals surface area contributed by atoms with Crippen molar-refractivity contribution in [3.05, 3.63) is 65.0 Å². The second kappa shape index (κ2) is 14.6. The van der Waals surface area contributed by atoms with Crippen LogP contribution in [0.3, 0.4) is 0 Å². The Labute approximate surface area is 302 Å². The first-order valence-electron chi connectivity index (χ1n) is 18.1. The molecule has 0 unspecified atom stereocenters. The third-order valence-electron chi connectivity index (χ3n) is 11.3. The summed E-state index contributed by atoms with van der Waals surface area (Å²) in [5, 5.41) is 11.1. The molecular weight excluding hydrogens is 673 g/mol. The van der Waals surface area contributed by atoms with E-state index in [9.17, 15) is 14.3 Å². The molecular formula is C39H45F3N6O4. The van der Waals surface area contributed by atoms with Crippen molar-refractivity contribution in [2.75, 3.05) is 51.4 Å². The highest BCUT2D eigenvalue weighted by molar-refractivity contribution is 5.90. The van der Waals surface area contributed by atoms with Crippen molar-refractivity contribution in [2.24, 2.45) is 0 Å². The highest BCUT2D eigenvalue weighted by Crippen LogP contribution is 2.42. The number of amides is 1. The van der Waals surface area contributed by atoms with E-state index in [2.05, 4.69) is 27.4 Å². The summed E-state index contributed by atoms with van der Waals surface area (Å²) in [6.45, 7) is 8.19. The molecule has 7 rings (SSSR count). The molecule has 3 aromatic rings. The molecule has 3 aliphatic heterocycles. The lowest BCUT2D eigenvalue weighted by atomic mass is 9.77. The fourth-order valence-electron chi connectivity index (χ4n) is 8.85. The van der Waals surface area contributed by atoms with Crippen molar-refractivity contribution < 1.29 is 32.5 Å². The first kappa shape index (κ1) is 36.1. The molecule has 1 amide bonds. The predicted octanol–water partition coefficient (Wildman–Crippen LogP) is 4.70. The smallest absolute Gasteiger partial charge is 0.319 e. The number of aromatic nitrogens is 3. The summed E-state index contributed by atoms with van der Waals surface area (Å²) in [4.78, 5) is 32.3. The summed E-state index contributed by atoms with van der Waals surface area (Å²) in [5.74, 6) is 0.402. The summed E-state index contributed by atoms with van der Waals surface area (Å²) >= 11 is 0. The van der Waals surface area contributed by atoms with E-state index in [1.165, 1.54) is 18.3 Å². The van der Waals surface area contributed by atoms with Crippen molar-refractivity contribution >= 4 is 22.6 Å². The number of anilines is 1. The minimum Gasteiger partial charge on any atom is -0.461 e.